The van der Waals surface area contributed by atoms with E-state index in [0.717, 1.165) is 28.6 Å². The van der Waals surface area contributed by atoms with Crippen molar-refractivity contribution in [3.05, 3.63) is 42.0 Å². The molecule has 1 heterocycles. The summed E-state index contributed by atoms with van der Waals surface area (Å²) in [5, 5.41) is 3.45. The Morgan fingerprint density at radius 1 is 1.00 bits per heavy atom. The molecule has 0 saturated carbocycles. The maximum absolute atomic E-state index is 5.36. The summed E-state index contributed by atoms with van der Waals surface area (Å²) in [5.74, 6) is 1.51. The lowest BCUT2D eigenvalue weighted by atomic mass is 10.2. The fourth-order valence-corrected chi connectivity index (χ4v) is 3.20. The Labute approximate surface area is 116 Å². The van der Waals surface area contributed by atoms with Crippen molar-refractivity contribution >= 4 is 17.4 Å². The van der Waals surface area contributed by atoms with Gasteiger partial charge >= 0.3 is 0 Å². The predicted molar refractivity (Wildman–Crippen MR) is 77.4 cm³/mol. The van der Waals surface area contributed by atoms with E-state index in [1.54, 1.807) is 26.0 Å². The Morgan fingerprint density at radius 3 is 2.53 bits per heavy atom. The summed E-state index contributed by atoms with van der Waals surface area (Å²) in [6.07, 6.45) is 0. The minimum Gasteiger partial charge on any atom is -0.493 e. The Bertz CT molecular complexity index is 613. The predicted octanol–water partition coefficient (Wildman–Crippen LogP) is 3.78. The van der Waals surface area contributed by atoms with Crippen LogP contribution in [-0.4, -0.2) is 14.2 Å². The van der Waals surface area contributed by atoms with E-state index in [1.807, 2.05) is 12.1 Å². The number of benzene rings is 2. The number of fused-ring (bicyclic) bond motifs is 2. The molecule has 0 bridgehead atoms. The zero-order valence-electron chi connectivity index (χ0n) is 10.9. The second-order valence-corrected chi connectivity index (χ2v) is 5.35. The van der Waals surface area contributed by atoms with Gasteiger partial charge in [-0.2, -0.15) is 0 Å². The number of ether oxygens (including phenoxy) is 2. The van der Waals surface area contributed by atoms with Gasteiger partial charge < -0.3 is 14.8 Å². The van der Waals surface area contributed by atoms with Crippen LogP contribution in [0.15, 0.2) is 46.2 Å². The number of hydrogen-bond donors (Lipinski definition) is 1. The summed E-state index contributed by atoms with van der Waals surface area (Å²) < 4.78 is 10.7. The molecule has 1 N–H and O–H groups in total. The van der Waals surface area contributed by atoms with Crippen LogP contribution >= 0.6 is 11.8 Å². The van der Waals surface area contributed by atoms with Gasteiger partial charge in [-0.1, -0.05) is 30.0 Å². The first-order valence-corrected chi connectivity index (χ1v) is 6.89. The van der Waals surface area contributed by atoms with Crippen molar-refractivity contribution in [2.24, 2.45) is 0 Å². The Morgan fingerprint density at radius 2 is 1.74 bits per heavy atom. The molecule has 0 fully saturated rings. The molecule has 3 rings (SSSR count). The number of rotatable bonds is 2. The molecular weight excluding hydrogens is 258 g/mol. The summed E-state index contributed by atoms with van der Waals surface area (Å²) in [4.78, 5) is 2.43. The monoisotopic (exact) mass is 273 g/mol. The maximum atomic E-state index is 5.36. The van der Waals surface area contributed by atoms with Gasteiger partial charge in [-0.15, -0.1) is 0 Å². The molecule has 3 nitrogen and oxygen atoms in total. The van der Waals surface area contributed by atoms with Crippen LogP contribution in [0.4, 0.5) is 5.69 Å². The third-order valence-corrected chi connectivity index (χ3v) is 4.32. The zero-order chi connectivity index (χ0) is 13.2. The van der Waals surface area contributed by atoms with Crippen LogP contribution in [0.5, 0.6) is 11.5 Å². The van der Waals surface area contributed by atoms with Crippen molar-refractivity contribution in [1.29, 1.82) is 0 Å². The lowest BCUT2D eigenvalue weighted by Crippen LogP contribution is -1.99. The molecule has 4 heteroatoms. The molecule has 0 aromatic heterocycles. The highest BCUT2D eigenvalue weighted by atomic mass is 32.2. The van der Waals surface area contributed by atoms with Crippen LogP contribution in [0.3, 0.4) is 0 Å². The van der Waals surface area contributed by atoms with Crippen molar-refractivity contribution < 1.29 is 9.47 Å². The average Bonchev–Trinajstić information content (AvgIpc) is 2.64. The van der Waals surface area contributed by atoms with Gasteiger partial charge in [0.1, 0.15) is 0 Å². The largest absolute Gasteiger partial charge is 0.493 e. The smallest absolute Gasteiger partial charge is 0.162 e. The number of nitrogens with one attached hydrogen (secondary N) is 1. The van der Waals surface area contributed by atoms with Gasteiger partial charge in [0.15, 0.2) is 11.5 Å². The minimum absolute atomic E-state index is 0.750. The quantitative estimate of drug-likeness (QED) is 0.902. The summed E-state index contributed by atoms with van der Waals surface area (Å²) in [5.41, 5.74) is 2.39. The first-order valence-electron chi connectivity index (χ1n) is 6.07. The fraction of sp³-hybridized carbons (Fsp3) is 0.200. The molecule has 0 atom stereocenters. The molecule has 98 valence electrons. The van der Waals surface area contributed by atoms with E-state index in [4.69, 9.17) is 9.47 Å². The Balaban J connectivity index is 2.07. The molecule has 2 aromatic rings. The van der Waals surface area contributed by atoms with Crippen LogP contribution in [0.25, 0.3) is 0 Å². The lowest BCUT2D eigenvalue weighted by Gasteiger charge is -2.13. The normalized spacial score (nSPS) is 12.7. The first kappa shape index (κ1) is 12.2. The minimum atomic E-state index is 0.750. The molecule has 1 aliphatic heterocycles. The SMILES string of the molecule is COc1cc2c(cc1OC)Sc1ccccc1CN2. The molecule has 0 amide bonds. The van der Waals surface area contributed by atoms with Gasteiger partial charge in [-0.05, 0) is 11.6 Å². The van der Waals surface area contributed by atoms with Gasteiger partial charge in [0.05, 0.1) is 19.9 Å². The van der Waals surface area contributed by atoms with Gasteiger partial charge in [0.2, 0.25) is 0 Å². The summed E-state index contributed by atoms with van der Waals surface area (Å²) in [7, 11) is 3.32. The van der Waals surface area contributed by atoms with Crippen molar-refractivity contribution in [2.45, 2.75) is 16.3 Å². The molecule has 0 aliphatic carbocycles. The van der Waals surface area contributed by atoms with E-state index < -0.39 is 0 Å². The van der Waals surface area contributed by atoms with E-state index >= 15 is 0 Å². The molecule has 0 radical (unpaired) electrons. The highest BCUT2D eigenvalue weighted by Gasteiger charge is 2.16. The fourth-order valence-electron chi connectivity index (χ4n) is 2.14. The molecule has 2 aromatic carbocycles. The number of methoxy groups -OCH3 is 2. The third kappa shape index (κ3) is 2.24. The zero-order valence-corrected chi connectivity index (χ0v) is 11.7. The topological polar surface area (TPSA) is 30.5 Å². The average molecular weight is 273 g/mol. The van der Waals surface area contributed by atoms with E-state index in [0.29, 0.717) is 0 Å². The van der Waals surface area contributed by atoms with Gasteiger partial charge in [-0.25, -0.2) is 0 Å². The number of anilines is 1. The van der Waals surface area contributed by atoms with Crippen molar-refractivity contribution in [1.82, 2.24) is 0 Å². The van der Waals surface area contributed by atoms with Crippen LogP contribution < -0.4 is 14.8 Å². The summed E-state index contributed by atoms with van der Waals surface area (Å²) in [6.45, 7) is 0.825. The van der Waals surface area contributed by atoms with Gasteiger partial charge in [-0.3, -0.25) is 0 Å². The Hall–Kier alpha value is -1.81. The van der Waals surface area contributed by atoms with Crippen LogP contribution in [-0.2, 0) is 6.54 Å². The summed E-state index contributed by atoms with van der Waals surface area (Å²) in [6, 6.07) is 12.4. The van der Waals surface area contributed by atoms with Crippen molar-refractivity contribution in [2.75, 3.05) is 19.5 Å². The maximum Gasteiger partial charge on any atom is 0.162 e. The number of hydrogen-bond acceptors (Lipinski definition) is 4. The van der Waals surface area contributed by atoms with E-state index in [2.05, 4.69) is 29.6 Å². The van der Waals surface area contributed by atoms with Crippen LogP contribution in [0.2, 0.25) is 0 Å². The van der Waals surface area contributed by atoms with Crippen molar-refractivity contribution in [3.63, 3.8) is 0 Å². The molecule has 0 spiro atoms. The molecule has 0 unspecified atom stereocenters. The van der Waals surface area contributed by atoms with E-state index in [9.17, 15) is 0 Å². The standard InChI is InChI=1S/C15H15NO2S/c1-17-12-7-11-15(8-13(12)18-2)19-14-6-4-3-5-10(14)9-16-11/h3-8,16H,9H2,1-2H3. The van der Waals surface area contributed by atoms with Crippen LogP contribution in [0.1, 0.15) is 5.56 Å². The first-order chi connectivity index (χ1) is 9.31. The summed E-state index contributed by atoms with van der Waals surface area (Å²) >= 11 is 1.75. The second-order valence-electron chi connectivity index (χ2n) is 4.27. The van der Waals surface area contributed by atoms with Crippen molar-refractivity contribution in [3.8, 4) is 11.5 Å². The van der Waals surface area contributed by atoms with Gasteiger partial charge in [0.25, 0.3) is 0 Å². The molecule has 1 aliphatic rings. The lowest BCUT2D eigenvalue weighted by molar-refractivity contribution is 0.354. The molecule has 19 heavy (non-hydrogen) atoms. The molecular formula is C15H15NO2S. The highest BCUT2D eigenvalue weighted by Crippen LogP contribution is 2.43. The van der Waals surface area contributed by atoms with E-state index in [1.165, 1.54) is 10.5 Å². The molecule has 0 saturated heterocycles. The Kier molecular flexibility index (Phi) is 3.25. The van der Waals surface area contributed by atoms with E-state index in [-0.39, 0.29) is 0 Å². The highest BCUT2D eigenvalue weighted by molar-refractivity contribution is 7.99. The third-order valence-electron chi connectivity index (χ3n) is 3.15. The van der Waals surface area contributed by atoms with Gasteiger partial charge in [0, 0.05) is 28.5 Å². The second kappa shape index (κ2) is 5.05. The van der Waals surface area contributed by atoms with Crippen LogP contribution in [0, 0.1) is 0 Å².